The number of hydrogen-bond donors (Lipinski definition) is 1. The van der Waals surface area contributed by atoms with Crippen LogP contribution >= 0.6 is 11.3 Å². The number of thiazole rings is 1. The third-order valence-corrected chi connectivity index (χ3v) is 8.10. The van der Waals surface area contributed by atoms with Gasteiger partial charge < -0.3 is 5.11 Å². The molecule has 8 heteroatoms. The van der Waals surface area contributed by atoms with E-state index in [1.54, 1.807) is 19.1 Å². The first kappa shape index (κ1) is 23.8. The van der Waals surface area contributed by atoms with Gasteiger partial charge in [0.15, 0.2) is 0 Å². The normalized spacial score (nSPS) is 16.0. The van der Waals surface area contributed by atoms with Gasteiger partial charge in [-0.1, -0.05) is 84.1 Å². The molecule has 1 atom stereocenters. The van der Waals surface area contributed by atoms with Crippen LogP contribution in [0.1, 0.15) is 39.5 Å². The van der Waals surface area contributed by atoms with Gasteiger partial charge in [-0.2, -0.15) is 4.52 Å². The number of hydrogen-bond acceptors (Lipinski definition) is 6. The monoisotopic (exact) mass is 513 g/mol. The Bertz CT molecular complexity index is 1460. The fraction of sp³-hybridized carbons (Fsp3) is 0.241. The van der Waals surface area contributed by atoms with Crippen LogP contribution in [-0.2, 0) is 0 Å². The molecule has 1 aliphatic rings. The Morgan fingerprint density at radius 2 is 1.35 bits per heavy atom. The highest BCUT2D eigenvalue weighted by Gasteiger charge is 2.34. The number of piperazine rings is 1. The number of fused-ring (bicyclic) bond motifs is 1. The van der Waals surface area contributed by atoms with Crippen LogP contribution in [0.25, 0.3) is 4.96 Å². The molecule has 0 amide bonds. The Morgan fingerprint density at radius 1 is 0.784 bits per heavy atom. The van der Waals surface area contributed by atoms with Crippen LogP contribution in [0.3, 0.4) is 0 Å². The molecule has 0 spiro atoms. The first-order valence-corrected chi connectivity index (χ1v) is 13.3. The molecule has 188 valence electrons. The zero-order valence-electron chi connectivity index (χ0n) is 20.5. The van der Waals surface area contributed by atoms with Crippen LogP contribution in [-0.4, -0.2) is 55.7 Å². The van der Waals surface area contributed by atoms with Gasteiger partial charge in [0, 0.05) is 26.2 Å². The quantitative estimate of drug-likeness (QED) is 0.328. The van der Waals surface area contributed by atoms with Crippen molar-refractivity contribution in [1.29, 1.82) is 0 Å². The molecule has 1 aliphatic heterocycles. The van der Waals surface area contributed by atoms with Crippen molar-refractivity contribution in [2.45, 2.75) is 19.0 Å². The van der Waals surface area contributed by atoms with Gasteiger partial charge in [0.2, 0.25) is 10.8 Å². The van der Waals surface area contributed by atoms with Crippen LogP contribution in [0.2, 0.25) is 0 Å². The number of benzene rings is 3. The fourth-order valence-electron chi connectivity index (χ4n) is 5.37. The highest BCUT2D eigenvalue weighted by Crippen LogP contribution is 2.41. The van der Waals surface area contributed by atoms with E-state index in [-0.39, 0.29) is 23.8 Å². The SMILES string of the molecule is Cc1nc2sc([C@@H](c3cccc(F)c3)N3CCN(C(c4ccccc4)c4ccccc4)CC3)c(O)n2n1. The minimum atomic E-state index is -0.293. The summed E-state index contributed by atoms with van der Waals surface area (Å²) in [5.41, 5.74) is 3.34. The molecule has 0 saturated carbocycles. The first-order valence-electron chi connectivity index (χ1n) is 12.5. The Balaban J connectivity index is 1.32. The van der Waals surface area contributed by atoms with Gasteiger partial charge in [0.1, 0.15) is 11.6 Å². The maximum absolute atomic E-state index is 14.3. The molecule has 6 rings (SSSR count). The first-order chi connectivity index (χ1) is 18.1. The average Bonchev–Trinajstić information content (AvgIpc) is 3.43. The highest BCUT2D eigenvalue weighted by atomic mass is 32.1. The second-order valence-corrected chi connectivity index (χ2v) is 10.4. The molecular weight excluding hydrogens is 485 g/mol. The van der Waals surface area contributed by atoms with Crippen molar-refractivity contribution in [2.24, 2.45) is 0 Å². The third kappa shape index (κ3) is 4.64. The van der Waals surface area contributed by atoms with Crippen molar-refractivity contribution < 1.29 is 9.50 Å². The smallest absolute Gasteiger partial charge is 0.230 e. The molecule has 1 fully saturated rings. The van der Waals surface area contributed by atoms with E-state index in [2.05, 4.69) is 68.4 Å². The summed E-state index contributed by atoms with van der Waals surface area (Å²) in [7, 11) is 0. The molecule has 5 aromatic rings. The van der Waals surface area contributed by atoms with Crippen molar-refractivity contribution >= 4 is 16.3 Å². The van der Waals surface area contributed by atoms with E-state index >= 15 is 0 Å². The molecule has 3 aromatic carbocycles. The Morgan fingerprint density at radius 3 is 1.92 bits per heavy atom. The largest absolute Gasteiger partial charge is 0.492 e. The molecule has 6 nitrogen and oxygen atoms in total. The van der Waals surface area contributed by atoms with E-state index in [0.29, 0.717) is 10.8 Å². The number of aryl methyl sites for hydroxylation is 1. The van der Waals surface area contributed by atoms with Crippen LogP contribution in [0.15, 0.2) is 84.9 Å². The van der Waals surface area contributed by atoms with E-state index in [1.165, 1.54) is 33.0 Å². The molecule has 0 aliphatic carbocycles. The van der Waals surface area contributed by atoms with Crippen molar-refractivity contribution in [3.63, 3.8) is 0 Å². The molecule has 1 saturated heterocycles. The fourth-order valence-corrected chi connectivity index (χ4v) is 6.53. The van der Waals surface area contributed by atoms with E-state index < -0.39 is 0 Å². The van der Waals surface area contributed by atoms with Crippen molar-refractivity contribution in [3.05, 3.63) is 118 Å². The van der Waals surface area contributed by atoms with E-state index in [1.807, 2.05) is 18.2 Å². The number of halogens is 1. The maximum Gasteiger partial charge on any atom is 0.230 e. The summed E-state index contributed by atoms with van der Waals surface area (Å²) in [5.74, 6) is 0.393. The molecule has 1 N–H and O–H groups in total. The second-order valence-electron chi connectivity index (χ2n) is 9.40. The molecular formula is C29H28FN5OS. The van der Waals surface area contributed by atoms with Gasteiger partial charge in [-0.25, -0.2) is 9.37 Å². The van der Waals surface area contributed by atoms with Crippen LogP contribution < -0.4 is 0 Å². The minimum Gasteiger partial charge on any atom is -0.492 e. The molecule has 3 heterocycles. The summed E-state index contributed by atoms with van der Waals surface area (Å²) in [4.78, 5) is 10.7. The topological polar surface area (TPSA) is 56.9 Å². The number of nitrogens with zero attached hydrogens (tertiary/aromatic N) is 5. The second kappa shape index (κ2) is 10.0. The predicted octanol–water partition coefficient (Wildman–Crippen LogP) is 5.44. The summed E-state index contributed by atoms with van der Waals surface area (Å²) in [5, 5.41) is 15.5. The van der Waals surface area contributed by atoms with Gasteiger partial charge in [-0.15, -0.1) is 5.10 Å². The Labute approximate surface area is 219 Å². The lowest BCUT2D eigenvalue weighted by atomic mass is 9.96. The van der Waals surface area contributed by atoms with Crippen LogP contribution in [0.4, 0.5) is 4.39 Å². The summed E-state index contributed by atoms with van der Waals surface area (Å²) in [6.07, 6.45) is 0. The lowest BCUT2D eigenvalue weighted by molar-refractivity contribution is 0.0898. The number of aromatic nitrogens is 3. The number of rotatable bonds is 6. The zero-order valence-corrected chi connectivity index (χ0v) is 21.4. The van der Waals surface area contributed by atoms with Crippen LogP contribution in [0, 0.1) is 12.7 Å². The van der Waals surface area contributed by atoms with Gasteiger partial charge in [-0.05, 0) is 35.7 Å². The van der Waals surface area contributed by atoms with E-state index in [4.69, 9.17) is 0 Å². The zero-order chi connectivity index (χ0) is 25.4. The molecule has 0 bridgehead atoms. The predicted molar refractivity (Wildman–Crippen MR) is 143 cm³/mol. The molecule has 37 heavy (non-hydrogen) atoms. The average molecular weight is 514 g/mol. The summed E-state index contributed by atoms with van der Waals surface area (Å²) >= 11 is 1.41. The molecule has 0 radical (unpaired) electrons. The van der Waals surface area contributed by atoms with Crippen molar-refractivity contribution in [2.75, 3.05) is 26.2 Å². The van der Waals surface area contributed by atoms with Crippen molar-refractivity contribution in [3.8, 4) is 5.88 Å². The van der Waals surface area contributed by atoms with Crippen LogP contribution in [0.5, 0.6) is 5.88 Å². The highest BCUT2D eigenvalue weighted by molar-refractivity contribution is 7.17. The van der Waals surface area contributed by atoms with Gasteiger partial charge in [-0.3, -0.25) is 9.80 Å². The summed E-state index contributed by atoms with van der Waals surface area (Å²) in [6.45, 7) is 5.01. The Kier molecular flexibility index (Phi) is 6.46. The lowest BCUT2D eigenvalue weighted by Gasteiger charge is -2.42. The summed E-state index contributed by atoms with van der Waals surface area (Å²) < 4.78 is 15.8. The standard InChI is InChI=1S/C29H28FN5OS/c1-20-31-29-35(32-20)28(36)27(37-29)26(23-13-8-14-24(30)19-23)34-17-15-33(16-18-34)25(21-9-4-2-5-10-21)22-11-6-3-7-12-22/h2-14,19,25-26,36H,15-18H2,1H3/t26-/m1/s1. The molecule has 2 aromatic heterocycles. The van der Waals surface area contributed by atoms with E-state index in [9.17, 15) is 9.50 Å². The minimum absolute atomic E-state index is 0.0729. The van der Waals surface area contributed by atoms with Gasteiger partial charge in [0.05, 0.1) is 17.0 Å². The van der Waals surface area contributed by atoms with Crippen molar-refractivity contribution in [1.82, 2.24) is 24.4 Å². The maximum atomic E-state index is 14.3. The third-order valence-electron chi connectivity index (χ3n) is 7.03. The summed E-state index contributed by atoms with van der Waals surface area (Å²) in [6, 6.07) is 27.8. The molecule has 0 unspecified atom stereocenters. The van der Waals surface area contributed by atoms with Gasteiger partial charge >= 0.3 is 0 Å². The number of aromatic hydroxyl groups is 1. The lowest BCUT2D eigenvalue weighted by Crippen LogP contribution is -2.49. The van der Waals surface area contributed by atoms with E-state index in [0.717, 1.165) is 36.6 Å². The van der Waals surface area contributed by atoms with Gasteiger partial charge in [0.25, 0.3) is 0 Å². The Hall–Kier alpha value is -3.59.